The molecule has 0 saturated carbocycles. The number of aryl methyl sites for hydroxylation is 1. The fraction of sp³-hybridized carbons (Fsp3) is 0.100. The number of rotatable bonds is 1. The predicted octanol–water partition coefficient (Wildman–Crippen LogP) is 3.04. The Labute approximate surface area is 81.6 Å². The van der Waals surface area contributed by atoms with Crippen LogP contribution in [0.1, 0.15) is 5.56 Å². The molecule has 0 aliphatic carbocycles. The summed E-state index contributed by atoms with van der Waals surface area (Å²) in [4.78, 5) is 7.03. The highest BCUT2D eigenvalue weighted by Crippen LogP contribution is 2.23. The van der Waals surface area contributed by atoms with Crippen LogP contribution in [0.15, 0.2) is 30.7 Å². The maximum atomic E-state index is 5.85. The number of aromatic nitrogens is 2. The van der Waals surface area contributed by atoms with E-state index in [1.165, 1.54) is 0 Å². The van der Waals surface area contributed by atoms with Crippen LogP contribution in [-0.2, 0) is 0 Å². The van der Waals surface area contributed by atoms with Crippen molar-refractivity contribution >= 4 is 11.6 Å². The third kappa shape index (κ3) is 1.58. The molecule has 2 aromatic rings. The highest BCUT2D eigenvalue weighted by molar-refractivity contribution is 6.30. The molecular weight excluding hydrogens is 184 g/mol. The fourth-order valence-corrected chi connectivity index (χ4v) is 1.56. The van der Waals surface area contributed by atoms with Gasteiger partial charge in [0.25, 0.3) is 0 Å². The van der Waals surface area contributed by atoms with Crippen LogP contribution >= 0.6 is 11.6 Å². The Morgan fingerprint density at radius 3 is 2.85 bits per heavy atom. The Morgan fingerprint density at radius 2 is 2.23 bits per heavy atom. The molecule has 0 radical (unpaired) electrons. The summed E-state index contributed by atoms with van der Waals surface area (Å²) in [6.07, 6.45) is 3.47. The topological polar surface area (TPSA) is 28.7 Å². The van der Waals surface area contributed by atoms with Gasteiger partial charge in [-0.2, -0.15) is 0 Å². The standard InChI is InChI=1S/C10H9ClN2/c1-7-4-8(11)2-3-9(7)10-5-12-6-13-10/h2-6H,1H3,(H,12,13). The van der Waals surface area contributed by atoms with Gasteiger partial charge in [0.1, 0.15) is 0 Å². The van der Waals surface area contributed by atoms with Gasteiger partial charge in [0, 0.05) is 10.6 Å². The Kier molecular flexibility index (Phi) is 2.07. The second-order valence-corrected chi connectivity index (χ2v) is 3.36. The SMILES string of the molecule is Cc1cc(Cl)ccc1-c1cnc[nH]1. The maximum Gasteiger partial charge on any atom is 0.0924 e. The lowest BCUT2D eigenvalue weighted by Gasteiger charge is -2.02. The molecule has 1 heterocycles. The van der Waals surface area contributed by atoms with Gasteiger partial charge in [-0.25, -0.2) is 4.98 Å². The first-order chi connectivity index (χ1) is 6.27. The van der Waals surface area contributed by atoms with E-state index in [4.69, 9.17) is 11.6 Å². The molecular formula is C10H9ClN2. The van der Waals surface area contributed by atoms with E-state index in [9.17, 15) is 0 Å². The smallest absolute Gasteiger partial charge is 0.0924 e. The molecule has 0 unspecified atom stereocenters. The molecule has 1 N–H and O–H groups in total. The van der Waals surface area contributed by atoms with Gasteiger partial charge < -0.3 is 4.98 Å². The number of H-pyrrole nitrogens is 1. The normalized spacial score (nSPS) is 10.3. The predicted molar refractivity (Wildman–Crippen MR) is 53.8 cm³/mol. The zero-order valence-electron chi connectivity index (χ0n) is 7.21. The molecule has 66 valence electrons. The first-order valence-electron chi connectivity index (χ1n) is 4.02. The molecule has 0 spiro atoms. The lowest BCUT2D eigenvalue weighted by molar-refractivity contribution is 1.31. The largest absolute Gasteiger partial charge is 0.345 e. The molecule has 0 aliphatic heterocycles. The van der Waals surface area contributed by atoms with Crippen LogP contribution in [-0.4, -0.2) is 9.97 Å². The molecule has 0 atom stereocenters. The van der Waals surface area contributed by atoms with Crippen LogP contribution in [0, 0.1) is 6.92 Å². The Hall–Kier alpha value is -1.28. The van der Waals surface area contributed by atoms with Crippen LogP contribution in [0.3, 0.4) is 0 Å². The van der Waals surface area contributed by atoms with Crippen molar-refractivity contribution in [1.29, 1.82) is 0 Å². The summed E-state index contributed by atoms with van der Waals surface area (Å²) in [6, 6.07) is 5.81. The molecule has 2 nitrogen and oxygen atoms in total. The second kappa shape index (κ2) is 3.23. The summed E-state index contributed by atoms with van der Waals surface area (Å²) in [7, 11) is 0. The molecule has 0 bridgehead atoms. The highest BCUT2D eigenvalue weighted by atomic mass is 35.5. The third-order valence-corrected chi connectivity index (χ3v) is 2.21. The van der Waals surface area contributed by atoms with Gasteiger partial charge in [0.05, 0.1) is 18.2 Å². The third-order valence-electron chi connectivity index (χ3n) is 1.98. The number of hydrogen-bond donors (Lipinski definition) is 1. The van der Waals surface area contributed by atoms with Crippen molar-refractivity contribution in [2.24, 2.45) is 0 Å². The number of imidazole rings is 1. The van der Waals surface area contributed by atoms with Gasteiger partial charge in [0.2, 0.25) is 0 Å². The van der Waals surface area contributed by atoms with Crippen molar-refractivity contribution in [2.75, 3.05) is 0 Å². The monoisotopic (exact) mass is 192 g/mol. The fourth-order valence-electron chi connectivity index (χ4n) is 1.33. The van der Waals surface area contributed by atoms with Gasteiger partial charge in [-0.3, -0.25) is 0 Å². The minimum absolute atomic E-state index is 0.765. The lowest BCUT2D eigenvalue weighted by Crippen LogP contribution is -1.82. The molecule has 0 fully saturated rings. The first kappa shape index (κ1) is 8.32. The quantitative estimate of drug-likeness (QED) is 0.739. The average molecular weight is 193 g/mol. The van der Waals surface area contributed by atoms with Crippen molar-refractivity contribution in [3.8, 4) is 11.3 Å². The van der Waals surface area contributed by atoms with Crippen LogP contribution < -0.4 is 0 Å². The molecule has 0 amide bonds. The van der Waals surface area contributed by atoms with Gasteiger partial charge in [-0.1, -0.05) is 17.7 Å². The highest BCUT2D eigenvalue weighted by Gasteiger charge is 2.02. The van der Waals surface area contributed by atoms with E-state index in [2.05, 4.69) is 9.97 Å². The maximum absolute atomic E-state index is 5.85. The first-order valence-corrected chi connectivity index (χ1v) is 4.40. The molecule has 0 saturated heterocycles. The zero-order valence-corrected chi connectivity index (χ0v) is 7.97. The molecule has 13 heavy (non-hydrogen) atoms. The van der Waals surface area contributed by atoms with E-state index in [1.807, 2.05) is 25.1 Å². The summed E-state index contributed by atoms with van der Waals surface area (Å²) in [5.41, 5.74) is 3.31. The minimum atomic E-state index is 0.765. The molecule has 1 aromatic heterocycles. The van der Waals surface area contributed by atoms with E-state index >= 15 is 0 Å². The van der Waals surface area contributed by atoms with E-state index in [1.54, 1.807) is 12.5 Å². The van der Waals surface area contributed by atoms with Gasteiger partial charge >= 0.3 is 0 Å². The number of nitrogens with one attached hydrogen (secondary N) is 1. The van der Waals surface area contributed by atoms with Crippen molar-refractivity contribution in [3.63, 3.8) is 0 Å². The van der Waals surface area contributed by atoms with E-state index in [0.29, 0.717) is 0 Å². The number of aromatic amines is 1. The molecule has 1 aromatic carbocycles. The lowest BCUT2D eigenvalue weighted by atomic mass is 10.1. The van der Waals surface area contributed by atoms with Gasteiger partial charge in [0.15, 0.2) is 0 Å². The van der Waals surface area contributed by atoms with Crippen molar-refractivity contribution in [3.05, 3.63) is 41.3 Å². The van der Waals surface area contributed by atoms with Gasteiger partial charge in [-0.15, -0.1) is 0 Å². The summed E-state index contributed by atoms with van der Waals surface area (Å²) in [6.45, 7) is 2.03. The Balaban J connectivity index is 2.53. The average Bonchev–Trinajstić information content (AvgIpc) is 2.56. The summed E-state index contributed by atoms with van der Waals surface area (Å²) in [5, 5.41) is 0.765. The van der Waals surface area contributed by atoms with E-state index in [0.717, 1.165) is 21.8 Å². The molecule has 3 heteroatoms. The second-order valence-electron chi connectivity index (χ2n) is 2.92. The summed E-state index contributed by atoms with van der Waals surface area (Å²) in [5.74, 6) is 0. The Morgan fingerprint density at radius 1 is 1.38 bits per heavy atom. The van der Waals surface area contributed by atoms with E-state index < -0.39 is 0 Å². The number of nitrogens with zero attached hydrogens (tertiary/aromatic N) is 1. The van der Waals surface area contributed by atoms with Crippen LogP contribution in [0.2, 0.25) is 5.02 Å². The van der Waals surface area contributed by atoms with Crippen molar-refractivity contribution < 1.29 is 0 Å². The zero-order chi connectivity index (χ0) is 9.26. The number of benzene rings is 1. The van der Waals surface area contributed by atoms with Crippen molar-refractivity contribution in [1.82, 2.24) is 9.97 Å². The molecule has 2 rings (SSSR count). The van der Waals surface area contributed by atoms with Crippen LogP contribution in [0.25, 0.3) is 11.3 Å². The minimum Gasteiger partial charge on any atom is -0.345 e. The van der Waals surface area contributed by atoms with Crippen molar-refractivity contribution in [2.45, 2.75) is 6.92 Å². The number of halogens is 1. The van der Waals surface area contributed by atoms with Crippen LogP contribution in [0.5, 0.6) is 0 Å². The Bertz CT molecular complexity index is 407. The van der Waals surface area contributed by atoms with E-state index in [-0.39, 0.29) is 0 Å². The summed E-state index contributed by atoms with van der Waals surface area (Å²) < 4.78 is 0. The van der Waals surface area contributed by atoms with Crippen LogP contribution in [0.4, 0.5) is 0 Å². The number of hydrogen-bond acceptors (Lipinski definition) is 1. The summed E-state index contributed by atoms with van der Waals surface area (Å²) >= 11 is 5.85. The molecule has 0 aliphatic rings. The van der Waals surface area contributed by atoms with Gasteiger partial charge in [-0.05, 0) is 24.6 Å².